The van der Waals surface area contributed by atoms with Crippen molar-refractivity contribution in [2.45, 2.75) is 59.1 Å². The Bertz CT molecular complexity index is 237. The van der Waals surface area contributed by atoms with Crippen molar-refractivity contribution in [2.75, 3.05) is 33.3 Å². The van der Waals surface area contributed by atoms with Gasteiger partial charge < -0.3 is 15.0 Å². The molecule has 1 heterocycles. The number of rotatable bonds is 5. The highest BCUT2D eigenvalue weighted by molar-refractivity contribution is 4.79. The van der Waals surface area contributed by atoms with Crippen LogP contribution in [0.1, 0.15) is 47.5 Å². The molecule has 0 aromatic carbocycles. The molecule has 0 aliphatic carbocycles. The van der Waals surface area contributed by atoms with Crippen LogP contribution in [0, 0.1) is 5.41 Å². The third kappa shape index (κ3) is 6.72. The summed E-state index contributed by atoms with van der Waals surface area (Å²) in [6, 6.07) is 0. The molecule has 3 heteroatoms. The molecular weight excluding hydrogens is 224 g/mol. The van der Waals surface area contributed by atoms with Crippen molar-refractivity contribution in [3.63, 3.8) is 0 Å². The van der Waals surface area contributed by atoms with Crippen molar-refractivity contribution < 1.29 is 4.74 Å². The first-order valence-electron chi connectivity index (χ1n) is 7.23. The molecule has 0 unspecified atom stereocenters. The molecule has 0 saturated carbocycles. The van der Waals surface area contributed by atoms with Gasteiger partial charge in [-0.25, -0.2) is 0 Å². The number of hydrogen-bond acceptors (Lipinski definition) is 3. The van der Waals surface area contributed by atoms with Crippen LogP contribution in [-0.2, 0) is 4.74 Å². The minimum Gasteiger partial charge on any atom is -0.378 e. The van der Waals surface area contributed by atoms with Crippen LogP contribution in [-0.4, -0.2) is 49.8 Å². The number of nitrogens with one attached hydrogen (secondary N) is 1. The van der Waals surface area contributed by atoms with Gasteiger partial charge in [0.1, 0.15) is 0 Å². The lowest BCUT2D eigenvalue weighted by Crippen LogP contribution is -2.44. The van der Waals surface area contributed by atoms with Crippen LogP contribution < -0.4 is 5.32 Å². The summed E-state index contributed by atoms with van der Waals surface area (Å²) in [4.78, 5) is 2.38. The minimum absolute atomic E-state index is 0.185. The standard InChI is InChI=1S/C15H32N2O/c1-14(2,3)16-11-15(4,5)12-18-13-7-9-17(6)10-8-13/h13,16H,7-12H2,1-6H3. The summed E-state index contributed by atoms with van der Waals surface area (Å²) < 4.78 is 6.09. The number of nitrogens with zero attached hydrogens (tertiary/aromatic N) is 1. The molecule has 0 spiro atoms. The van der Waals surface area contributed by atoms with Gasteiger partial charge in [-0.15, -0.1) is 0 Å². The fourth-order valence-corrected chi connectivity index (χ4v) is 2.05. The third-order valence-electron chi connectivity index (χ3n) is 3.47. The molecule has 0 amide bonds. The summed E-state index contributed by atoms with van der Waals surface area (Å²) in [5.74, 6) is 0. The van der Waals surface area contributed by atoms with Gasteiger partial charge in [-0.05, 0) is 40.7 Å². The second-order valence-corrected chi connectivity index (χ2v) is 7.58. The van der Waals surface area contributed by atoms with Crippen LogP contribution in [0.15, 0.2) is 0 Å². The van der Waals surface area contributed by atoms with Gasteiger partial charge in [0.2, 0.25) is 0 Å². The van der Waals surface area contributed by atoms with E-state index < -0.39 is 0 Å². The van der Waals surface area contributed by atoms with Gasteiger partial charge >= 0.3 is 0 Å². The van der Waals surface area contributed by atoms with Gasteiger partial charge in [-0.1, -0.05) is 13.8 Å². The number of ether oxygens (including phenoxy) is 1. The Hall–Kier alpha value is -0.120. The minimum atomic E-state index is 0.185. The molecule has 0 aromatic rings. The first-order chi connectivity index (χ1) is 8.18. The first kappa shape index (κ1) is 15.9. The molecule has 3 nitrogen and oxygen atoms in total. The van der Waals surface area contributed by atoms with Crippen molar-refractivity contribution in [1.82, 2.24) is 10.2 Å². The summed E-state index contributed by atoms with van der Waals surface area (Å²) >= 11 is 0. The third-order valence-corrected chi connectivity index (χ3v) is 3.47. The average molecular weight is 256 g/mol. The van der Waals surface area contributed by atoms with Crippen molar-refractivity contribution in [3.05, 3.63) is 0 Å². The lowest BCUT2D eigenvalue weighted by Gasteiger charge is -2.34. The van der Waals surface area contributed by atoms with E-state index in [4.69, 9.17) is 4.74 Å². The van der Waals surface area contributed by atoms with E-state index in [0.29, 0.717) is 6.10 Å². The Balaban J connectivity index is 2.24. The van der Waals surface area contributed by atoms with Crippen molar-refractivity contribution >= 4 is 0 Å². The first-order valence-corrected chi connectivity index (χ1v) is 7.23. The zero-order valence-corrected chi connectivity index (χ0v) is 13.2. The normalized spacial score (nSPS) is 20.3. The molecule has 1 rings (SSSR count). The van der Waals surface area contributed by atoms with E-state index in [2.05, 4.69) is 51.9 Å². The zero-order chi connectivity index (χ0) is 13.8. The van der Waals surface area contributed by atoms with Crippen LogP contribution in [0.25, 0.3) is 0 Å². The Morgan fingerprint density at radius 2 is 1.67 bits per heavy atom. The highest BCUT2D eigenvalue weighted by atomic mass is 16.5. The summed E-state index contributed by atoms with van der Waals surface area (Å²) in [5.41, 5.74) is 0.390. The molecule has 108 valence electrons. The maximum atomic E-state index is 6.09. The second kappa shape index (κ2) is 6.36. The lowest BCUT2D eigenvalue weighted by molar-refractivity contribution is -0.0257. The second-order valence-electron chi connectivity index (χ2n) is 7.58. The van der Waals surface area contributed by atoms with Gasteiger partial charge in [-0.3, -0.25) is 0 Å². The highest BCUT2D eigenvalue weighted by Gasteiger charge is 2.24. The highest BCUT2D eigenvalue weighted by Crippen LogP contribution is 2.20. The molecule has 0 atom stereocenters. The van der Waals surface area contributed by atoms with E-state index >= 15 is 0 Å². The predicted molar refractivity (Wildman–Crippen MR) is 78.0 cm³/mol. The summed E-state index contributed by atoms with van der Waals surface area (Å²) in [6.07, 6.45) is 2.83. The quantitative estimate of drug-likeness (QED) is 0.818. The predicted octanol–water partition coefficient (Wildman–Crippen LogP) is 2.51. The fraction of sp³-hybridized carbons (Fsp3) is 1.00. The Morgan fingerprint density at radius 3 is 2.17 bits per heavy atom. The molecule has 1 saturated heterocycles. The lowest BCUT2D eigenvalue weighted by atomic mass is 9.93. The van der Waals surface area contributed by atoms with E-state index in [-0.39, 0.29) is 11.0 Å². The summed E-state index contributed by atoms with van der Waals surface area (Å²) in [7, 11) is 2.19. The molecule has 1 aliphatic rings. The van der Waals surface area contributed by atoms with Gasteiger partial charge in [0.05, 0.1) is 12.7 Å². The smallest absolute Gasteiger partial charge is 0.0599 e. The zero-order valence-electron chi connectivity index (χ0n) is 13.2. The Labute approximate surface area is 113 Å². The van der Waals surface area contributed by atoms with Crippen LogP contribution in [0.5, 0.6) is 0 Å². The van der Waals surface area contributed by atoms with Gasteiger partial charge in [0.15, 0.2) is 0 Å². The van der Waals surface area contributed by atoms with E-state index in [1.165, 1.54) is 25.9 Å². The Morgan fingerprint density at radius 1 is 1.11 bits per heavy atom. The molecule has 1 fully saturated rings. The van der Waals surface area contributed by atoms with Crippen LogP contribution >= 0.6 is 0 Å². The molecule has 0 radical (unpaired) electrons. The van der Waals surface area contributed by atoms with Crippen LogP contribution in [0.4, 0.5) is 0 Å². The summed E-state index contributed by atoms with van der Waals surface area (Å²) in [5, 5.41) is 3.57. The molecule has 1 aliphatic heterocycles. The van der Waals surface area contributed by atoms with Crippen LogP contribution in [0.2, 0.25) is 0 Å². The fourth-order valence-electron chi connectivity index (χ4n) is 2.05. The van der Waals surface area contributed by atoms with Gasteiger partial charge in [-0.2, -0.15) is 0 Å². The number of hydrogen-bond donors (Lipinski definition) is 1. The van der Waals surface area contributed by atoms with E-state index in [9.17, 15) is 0 Å². The van der Waals surface area contributed by atoms with Crippen molar-refractivity contribution in [3.8, 4) is 0 Å². The summed E-state index contributed by atoms with van der Waals surface area (Å²) in [6.45, 7) is 15.4. The molecule has 18 heavy (non-hydrogen) atoms. The maximum absolute atomic E-state index is 6.09. The molecular formula is C15H32N2O. The molecule has 0 bridgehead atoms. The van der Waals surface area contributed by atoms with E-state index in [1.54, 1.807) is 0 Å². The van der Waals surface area contributed by atoms with Gasteiger partial charge in [0.25, 0.3) is 0 Å². The Kier molecular flexibility index (Phi) is 5.63. The average Bonchev–Trinajstić information content (AvgIpc) is 2.25. The van der Waals surface area contributed by atoms with Gasteiger partial charge in [0, 0.05) is 30.6 Å². The van der Waals surface area contributed by atoms with Crippen molar-refractivity contribution in [2.24, 2.45) is 5.41 Å². The van der Waals surface area contributed by atoms with E-state index in [1.807, 2.05) is 0 Å². The largest absolute Gasteiger partial charge is 0.378 e. The topological polar surface area (TPSA) is 24.5 Å². The molecule has 0 aromatic heterocycles. The van der Waals surface area contributed by atoms with Crippen LogP contribution in [0.3, 0.4) is 0 Å². The number of likely N-dealkylation sites (tertiary alicyclic amines) is 1. The van der Waals surface area contributed by atoms with E-state index in [0.717, 1.165) is 13.2 Å². The van der Waals surface area contributed by atoms with Crippen molar-refractivity contribution in [1.29, 1.82) is 0 Å². The molecule has 1 N–H and O–H groups in total. The SMILES string of the molecule is CN1CCC(OCC(C)(C)CNC(C)(C)C)CC1. The number of piperidine rings is 1. The monoisotopic (exact) mass is 256 g/mol. The maximum Gasteiger partial charge on any atom is 0.0599 e.